The number of thioether (sulfide) groups is 1. The van der Waals surface area contributed by atoms with E-state index in [1.54, 1.807) is 11.0 Å². The third-order valence-corrected chi connectivity index (χ3v) is 5.13. The van der Waals surface area contributed by atoms with Crippen molar-refractivity contribution in [2.45, 2.75) is 6.54 Å². The summed E-state index contributed by atoms with van der Waals surface area (Å²) in [6.07, 6.45) is 0. The van der Waals surface area contributed by atoms with Crippen LogP contribution >= 0.6 is 27.7 Å². The third-order valence-electron chi connectivity index (χ3n) is 3.66. The standard InChI is InChI=1S/C16H16BrN3O2S/c17-13-3-1-12(2-4-13)14-5-6-15(21)20(18-14)11-16(22)19-7-9-23-10-8-19/h1-6H,7-11H2. The van der Waals surface area contributed by atoms with Crippen LogP contribution in [0.2, 0.25) is 0 Å². The van der Waals surface area contributed by atoms with Crippen molar-refractivity contribution in [2.24, 2.45) is 0 Å². The second-order valence-electron chi connectivity index (χ2n) is 5.21. The van der Waals surface area contributed by atoms with E-state index in [1.165, 1.54) is 10.7 Å². The summed E-state index contributed by atoms with van der Waals surface area (Å²) in [5, 5.41) is 4.34. The molecule has 120 valence electrons. The highest BCUT2D eigenvalue weighted by atomic mass is 79.9. The number of aromatic nitrogens is 2. The lowest BCUT2D eigenvalue weighted by atomic mass is 10.1. The van der Waals surface area contributed by atoms with Gasteiger partial charge < -0.3 is 4.90 Å². The molecule has 2 aromatic rings. The fourth-order valence-electron chi connectivity index (χ4n) is 2.38. The molecule has 3 rings (SSSR count). The smallest absolute Gasteiger partial charge is 0.267 e. The van der Waals surface area contributed by atoms with E-state index in [2.05, 4.69) is 21.0 Å². The van der Waals surface area contributed by atoms with Gasteiger partial charge in [-0.2, -0.15) is 16.9 Å². The zero-order valence-electron chi connectivity index (χ0n) is 12.4. The maximum atomic E-state index is 12.3. The number of halogens is 1. The van der Waals surface area contributed by atoms with Crippen molar-refractivity contribution < 1.29 is 4.79 Å². The van der Waals surface area contributed by atoms with Gasteiger partial charge >= 0.3 is 0 Å². The van der Waals surface area contributed by atoms with Gasteiger partial charge in [0.25, 0.3) is 5.56 Å². The first-order valence-corrected chi connectivity index (χ1v) is 9.28. The molecule has 1 aromatic carbocycles. The first kappa shape index (κ1) is 16.3. The van der Waals surface area contributed by atoms with Crippen LogP contribution in [0.5, 0.6) is 0 Å². The van der Waals surface area contributed by atoms with E-state index in [9.17, 15) is 9.59 Å². The molecule has 1 fully saturated rings. The zero-order chi connectivity index (χ0) is 16.2. The van der Waals surface area contributed by atoms with Crippen molar-refractivity contribution in [1.82, 2.24) is 14.7 Å². The second-order valence-corrected chi connectivity index (χ2v) is 7.35. The Kier molecular flexibility index (Phi) is 5.17. The van der Waals surface area contributed by atoms with E-state index in [4.69, 9.17) is 0 Å². The zero-order valence-corrected chi connectivity index (χ0v) is 14.8. The molecular formula is C16H16BrN3O2S. The van der Waals surface area contributed by atoms with Crippen molar-refractivity contribution in [3.8, 4) is 11.3 Å². The van der Waals surface area contributed by atoms with Crippen LogP contribution < -0.4 is 5.56 Å². The average Bonchev–Trinajstić information content (AvgIpc) is 2.58. The topological polar surface area (TPSA) is 55.2 Å². The summed E-state index contributed by atoms with van der Waals surface area (Å²) < 4.78 is 2.23. The van der Waals surface area contributed by atoms with Crippen LogP contribution in [0.25, 0.3) is 11.3 Å². The lowest BCUT2D eigenvalue weighted by Gasteiger charge is -2.26. The summed E-state index contributed by atoms with van der Waals surface area (Å²) >= 11 is 5.24. The molecular weight excluding hydrogens is 378 g/mol. The molecule has 0 N–H and O–H groups in total. The summed E-state index contributed by atoms with van der Waals surface area (Å²) in [4.78, 5) is 26.1. The average molecular weight is 394 g/mol. The minimum Gasteiger partial charge on any atom is -0.339 e. The van der Waals surface area contributed by atoms with Gasteiger partial charge in [-0.05, 0) is 18.2 Å². The molecule has 2 heterocycles. The van der Waals surface area contributed by atoms with Crippen LogP contribution in [0, 0.1) is 0 Å². The first-order valence-electron chi connectivity index (χ1n) is 7.33. The summed E-state index contributed by atoms with van der Waals surface area (Å²) in [5.41, 5.74) is 1.33. The Balaban J connectivity index is 1.81. The van der Waals surface area contributed by atoms with Crippen LogP contribution in [0.1, 0.15) is 0 Å². The van der Waals surface area contributed by atoms with Gasteiger partial charge in [-0.1, -0.05) is 28.1 Å². The van der Waals surface area contributed by atoms with Crippen LogP contribution in [0.4, 0.5) is 0 Å². The van der Waals surface area contributed by atoms with Gasteiger partial charge in [0.1, 0.15) is 6.54 Å². The van der Waals surface area contributed by atoms with E-state index in [1.807, 2.05) is 36.0 Å². The Labute approximate surface area is 146 Å². The normalized spacial score (nSPS) is 14.7. The summed E-state index contributed by atoms with van der Waals surface area (Å²) in [5.74, 6) is 1.85. The quantitative estimate of drug-likeness (QED) is 0.802. The number of nitrogens with zero attached hydrogens (tertiary/aromatic N) is 3. The molecule has 0 radical (unpaired) electrons. The highest BCUT2D eigenvalue weighted by Crippen LogP contribution is 2.18. The molecule has 0 unspecified atom stereocenters. The monoisotopic (exact) mass is 393 g/mol. The first-order chi connectivity index (χ1) is 11.1. The minimum absolute atomic E-state index is 0.00608. The predicted octanol–water partition coefficient (Wildman–Crippen LogP) is 2.25. The maximum Gasteiger partial charge on any atom is 0.267 e. The van der Waals surface area contributed by atoms with Gasteiger partial charge in [-0.25, -0.2) is 4.68 Å². The molecule has 0 atom stereocenters. The number of hydrogen-bond acceptors (Lipinski definition) is 4. The van der Waals surface area contributed by atoms with E-state index in [0.717, 1.165) is 34.6 Å². The van der Waals surface area contributed by atoms with Crippen molar-refractivity contribution >= 4 is 33.6 Å². The summed E-state index contributed by atoms with van der Waals surface area (Å²) in [6, 6.07) is 10.8. The van der Waals surface area contributed by atoms with Gasteiger partial charge in [0.2, 0.25) is 5.91 Å². The predicted molar refractivity (Wildman–Crippen MR) is 95.5 cm³/mol. The number of carbonyl (C=O) groups is 1. The molecule has 0 aliphatic carbocycles. The Morgan fingerprint density at radius 1 is 1.13 bits per heavy atom. The lowest BCUT2D eigenvalue weighted by Crippen LogP contribution is -2.41. The Hall–Kier alpha value is -1.60. The molecule has 1 aliphatic rings. The Bertz CT molecular complexity index is 755. The van der Waals surface area contributed by atoms with E-state index >= 15 is 0 Å². The van der Waals surface area contributed by atoms with Crippen molar-refractivity contribution in [3.05, 3.63) is 51.2 Å². The van der Waals surface area contributed by atoms with Crippen LogP contribution in [0.15, 0.2) is 45.7 Å². The fraction of sp³-hybridized carbons (Fsp3) is 0.312. The molecule has 1 aliphatic heterocycles. The summed E-state index contributed by atoms with van der Waals surface area (Å²) in [6.45, 7) is 1.48. The van der Waals surface area contributed by atoms with Gasteiger partial charge in [0.05, 0.1) is 5.69 Å². The van der Waals surface area contributed by atoms with Gasteiger partial charge in [0, 0.05) is 40.7 Å². The minimum atomic E-state index is -0.259. The van der Waals surface area contributed by atoms with Gasteiger partial charge in [-0.15, -0.1) is 0 Å². The molecule has 7 heteroatoms. The third kappa shape index (κ3) is 4.03. The molecule has 5 nitrogen and oxygen atoms in total. The SMILES string of the molecule is O=C(Cn1nc(-c2ccc(Br)cc2)ccc1=O)N1CCSCC1. The van der Waals surface area contributed by atoms with Gasteiger partial charge in [0.15, 0.2) is 0 Å². The fourth-order valence-corrected chi connectivity index (χ4v) is 3.55. The molecule has 1 saturated heterocycles. The van der Waals surface area contributed by atoms with Crippen LogP contribution in [-0.4, -0.2) is 45.2 Å². The van der Waals surface area contributed by atoms with E-state index in [0.29, 0.717) is 5.69 Å². The maximum absolute atomic E-state index is 12.3. The Morgan fingerprint density at radius 2 is 1.83 bits per heavy atom. The molecule has 0 bridgehead atoms. The highest BCUT2D eigenvalue weighted by molar-refractivity contribution is 9.10. The summed E-state index contributed by atoms with van der Waals surface area (Å²) in [7, 11) is 0. The number of carbonyl (C=O) groups excluding carboxylic acids is 1. The molecule has 1 aromatic heterocycles. The van der Waals surface area contributed by atoms with Gasteiger partial charge in [-0.3, -0.25) is 9.59 Å². The highest BCUT2D eigenvalue weighted by Gasteiger charge is 2.18. The molecule has 0 spiro atoms. The van der Waals surface area contributed by atoms with E-state index < -0.39 is 0 Å². The second kappa shape index (κ2) is 7.31. The number of amides is 1. The van der Waals surface area contributed by atoms with Crippen LogP contribution in [0.3, 0.4) is 0 Å². The molecule has 23 heavy (non-hydrogen) atoms. The van der Waals surface area contributed by atoms with E-state index in [-0.39, 0.29) is 18.0 Å². The van der Waals surface area contributed by atoms with Crippen molar-refractivity contribution in [3.63, 3.8) is 0 Å². The largest absolute Gasteiger partial charge is 0.339 e. The van der Waals surface area contributed by atoms with Crippen LogP contribution in [-0.2, 0) is 11.3 Å². The molecule has 0 saturated carbocycles. The molecule has 1 amide bonds. The number of rotatable bonds is 3. The van der Waals surface area contributed by atoms with Crippen molar-refractivity contribution in [2.75, 3.05) is 24.6 Å². The Morgan fingerprint density at radius 3 is 2.52 bits per heavy atom. The number of benzene rings is 1. The van der Waals surface area contributed by atoms with Crippen molar-refractivity contribution in [1.29, 1.82) is 0 Å². The lowest BCUT2D eigenvalue weighted by molar-refractivity contribution is -0.131. The number of hydrogen-bond donors (Lipinski definition) is 0.